The molecule has 0 radical (unpaired) electrons. The van der Waals surface area contributed by atoms with Crippen molar-refractivity contribution in [3.8, 4) is 0 Å². The number of hydrogen-bond donors (Lipinski definition) is 1. The van der Waals surface area contributed by atoms with E-state index in [0.29, 0.717) is 0 Å². The molecule has 0 aliphatic carbocycles. The third kappa shape index (κ3) is 3.32. The first kappa shape index (κ1) is 13.2. The van der Waals surface area contributed by atoms with Crippen molar-refractivity contribution in [3.63, 3.8) is 0 Å². The zero-order valence-electron chi connectivity index (χ0n) is 10.5. The van der Waals surface area contributed by atoms with E-state index in [9.17, 15) is 0 Å². The average Bonchev–Trinajstić information content (AvgIpc) is 2.68. The fourth-order valence-corrected chi connectivity index (χ4v) is 1.96. The lowest BCUT2D eigenvalue weighted by Crippen LogP contribution is -2.38. The summed E-state index contributed by atoms with van der Waals surface area (Å²) in [6.07, 6.45) is 6.79. The number of nitrogens with two attached hydrogens (primary N) is 1. The molecule has 0 aliphatic heterocycles. The van der Waals surface area contributed by atoms with Gasteiger partial charge in [-0.05, 0) is 12.8 Å². The SMILES string of the molecule is CCCn1ccnc1CC(N)C(CC)OC. The number of imidazole rings is 1. The Morgan fingerprint density at radius 2 is 2.25 bits per heavy atom. The van der Waals surface area contributed by atoms with Gasteiger partial charge in [0.15, 0.2) is 0 Å². The zero-order chi connectivity index (χ0) is 12.0. The van der Waals surface area contributed by atoms with E-state index < -0.39 is 0 Å². The lowest BCUT2D eigenvalue weighted by molar-refractivity contribution is 0.0765. The fourth-order valence-electron chi connectivity index (χ4n) is 1.96. The maximum absolute atomic E-state index is 6.12. The van der Waals surface area contributed by atoms with Gasteiger partial charge in [0.1, 0.15) is 5.82 Å². The fraction of sp³-hybridized carbons (Fsp3) is 0.750. The maximum Gasteiger partial charge on any atom is 0.110 e. The summed E-state index contributed by atoms with van der Waals surface area (Å²) in [5.74, 6) is 1.06. The molecule has 0 aliphatic rings. The van der Waals surface area contributed by atoms with Gasteiger partial charge >= 0.3 is 0 Å². The highest BCUT2D eigenvalue weighted by Crippen LogP contribution is 2.08. The molecule has 1 aromatic heterocycles. The van der Waals surface area contributed by atoms with Crippen molar-refractivity contribution >= 4 is 0 Å². The first-order valence-electron chi connectivity index (χ1n) is 6.01. The van der Waals surface area contributed by atoms with Crippen LogP contribution in [-0.4, -0.2) is 28.8 Å². The van der Waals surface area contributed by atoms with E-state index in [4.69, 9.17) is 10.5 Å². The highest BCUT2D eigenvalue weighted by atomic mass is 16.5. The van der Waals surface area contributed by atoms with Crippen LogP contribution in [0.5, 0.6) is 0 Å². The predicted octanol–water partition coefficient (Wildman–Crippen LogP) is 1.59. The van der Waals surface area contributed by atoms with Gasteiger partial charge in [0, 0.05) is 38.5 Å². The molecule has 0 amide bonds. The van der Waals surface area contributed by atoms with Crippen LogP contribution in [0.25, 0.3) is 0 Å². The van der Waals surface area contributed by atoms with Crippen LogP contribution in [0.4, 0.5) is 0 Å². The topological polar surface area (TPSA) is 53.1 Å². The van der Waals surface area contributed by atoms with Crippen LogP contribution >= 0.6 is 0 Å². The Morgan fingerprint density at radius 3 is 2.81 bits per heavy atom. The van der Waals surface area contributed by atoms with Crippen LogP contribution in [0.2, 0.25) is 0 Å². The molecule has 0 bridgehead atoms. The molecule has 4 heteroatoms. The molecule has 4 nitrogen and oxygen atoms in total. The molecule has 1 heterocycles. The van der Waals surface area contributed by atoms with Gasteiger partial charge in [0.05, 0.1) is 6.10 Å². The number of methoxy groups -OCH3 is 1. The Balaban J connectivity index is 2.61. The molecule has 2 N–H and O–H groups in total. The van der Waals surface area contributed by atoms with E-state index in [1.165, 1.54) is 0 Å². The molecule has 16 heavy (non-hydrogen) atoms. The van der Waals surface area contributed by atoms with Crippen LogP contribution in [0, 0.1) is 0 Å². The predicted molar refractivity (Wildman–Crippen MR) is 65.3 cm³/mol. The Kier molecular flexibility index (Phi) is 5.49. The summed E-state index contributed by atoms with van der Waals surface area (Å²) in [5, 5.41) is 0. The van der Waals surface area contributed by atoms with Crippen LogP contribution in [0.3, 0.4) is 0 Å². The van der Waals surface area contributed by atoms with Gasteiger partial charge in [-0.3, -0.25) is 0 Å². The van der Waals surface area contributed by atoms with E-state index >= 15 is 0 Å². The van der Waals surface area contributed by atoms with Gasteiger partial charge in [-0.15, -0.1) is 0 Å². The number of ether oxygens (including phenoxy) is 1. The third-order valence-corrected chi connectivity index (χ3v) is 2.87. The second kappa shape index (κ2) is 6.66. The highest BCUT2D eigenvalue weighted by Gasteiger charge is 2.17. The molecule has 0 saturated heterocycles. The molecule has 0 saturated carbocycles. The molecule has 2 unspecified atom stereocenters. The summed E-state index contributed by atoms with van der Waals surface area (Å²) in [6.45, 7) is 5.26. The normalized spacial score (nSPS) is 15.0. The van der Waals surface area contributed by atoms with E-state index in [1.54, 1.807) is 7.11 Å². The minimum Gasteiger partial charge on any atom is -0.380 e. The summed E-state index contributed by atoms with van der Waals surface area (Å²) in [4.78, 5) is 4.35. The van der Waals surface area contributed by atoms with Crippen molar-refractivity contribution in [2.24, 2.45) is 5.73 Å². The van der Waals surface area contributed by atoms with E-state index in [0.717, 1.165) is 31.6 Å². The molecule has 0 fully saturated rings. The molecule has 0 spiro atoms. The van der Waals surface area contributed by atoms with Gasteiger partial charge in [-0.25, -0.2) is 4.98 Å². The summed E-state index contributed by atoms with van der Waals surface area (Å²) in [5.41, 5.74) is 6.12. The Morgan fingerprint density at radius 1 is 1.50 bits per heavy atom. The first-order chi connectivity index (χ1) is 7.72. The highest BCUT2D eigenvalue weighted by molar-refractivity contribution is 4.96. The summed E-state index contributed by atoms with van der Waals surface area (Å²) in [6, 6.07) is 0.0213. The van der Waals surface area contributed by atoms with Crippen molar-refractivity contribution in [1.82, 2.24) is 9.55 Å². The van der Waals surface area contributed by atoms with Crippen molar-refractivity contribution in [2.75, 3.05) is 7.11 Å². The molecule has 92 valence electrons. The average molecular weight is 225 g/mol. The van der Waals surface area contributed by atoms with Crippen molar-refractivity contribution in [1.29, 1.82) is 0 Å². The van der Waals surface area contributed by atoms with E-state index in [1.807, 2.05) is 12.4 Å². The molecule has 1 aromatic rings. The standard InChI is InChI=1S/C12H23N3O/c1-4-7-15-8-6-14-12(15)9-10(13)11(5-2)16-3/h6,8,10-11H,4-5,7,9,13H2,1-3H3. The van der Waals surface area contributed by atoms with Gasteiger partial charge in [-0.2, -0.15) is 0 Å². The molecule has 2 atom stereocenters. The van der Waals surface area contributed by atoms with Crippen LogP contribution in [0.15, 0.2) is 12.4 Å². The summed E-state index contributed by atoms with van der Waals surface area (Å²) < 4.78 is 7.52. The second-order valence-electron chi connectivity index (χ2n) is 4.09. The lowest BCUT2D eigenvalue weighted by Gasteiger charge is -2.21. The smallest absolute Gasteiger partial charge is 0.110 e. The number of aryl methyl sites for hydroxylation is 1. The number of hydrogen-bond acceptors (Lipinski definition) is 3. The summed E-state index contributed by atoms with van der Waals surface area (Å²) in [7, 11) is 1.71. The van der Waals surface area contributed by atoms with Gasteiger partial charge in [0.2, 0.25) is 0 Å². The van der Waals surface area contributed by atoms with E-state index in [2.05, 4.69) is 23.4 Å². The quantitative estimate of drug-likeness (QED) is 0.766. The molecular weight excluding hydrogens is 202 g/mol. The monoisotopic (exact) mass is 225 g/mol. The van der Waals surface area contributed by atoms with Gasteiger partial charge in [0.25, 0.3) is 0 Å². The lowest BCUT2D eigenvalue weighted by atomic mass is 10.1. The summed E-state index contributed by atoms with van der Waals surface area (Å²) >= 11 is 0. The van der Waals surface area contributed by atoms with Crippen molar-refractivity contribution in [2.45, 2.75) is 51.8 Å². The second-order valence-corrected chi connectivity index (χ2v) is 4.09. The number of nitrogens with zero attached hydrogens (tertiary/aromatic N) is 2. The zero-order valence-corrected chi connectivity index (χ0v) is 10.5. The van der Waals surface area contributed by atoms with Crippen molar-refractivity contribution in [3.05, 3.63) is 18.2 Å². The van der Waals surface area contributed by atoms with Gasteiger partial charge < -0.3 is 15.0 Å². The molecule has 1 rings (SSSR count). The first-order valence-corrected chi connectivity index (χ1v) is 6.01. The van der Waals surface area contributed by atoms with Crippen LogP contribution < -0.4 is 5.73 Å². The van der Waals surface area contributed by atoms with Crippen LogP contribution in [0.1, 0.15) is 32.5 Å². The molecule has 0 aromatic carbocycles. The maximum atomic E-state index is 6.12. The van der Waals surface area contributed by atoms with E-state index in [-0.39, 0.29) is 12.1 Å². The minimum atomic E-state index is 0.0213. The third-order valence-electron chi connectivity index (χ3n) is 2.87. The van der Waals surface area contributed by atoms with Crippen molar-refractivity contribution < 1.29 is 4.74 Å². The Bertz CT molecular complexity index is 294. The molecular formula is C12H23N3O. The van der Waals surface area contributed by atoms with Gasteiger partial charge in [-0.1, -0.05) is 13.8 Å². The number of aromatic nitrogens is 2. The Hall–Kier alpha value is -0.870. The minimum absolute atomic E-state index is 0.0213. The number of rotatable bonds is 7. The largest absolute Gasteiger partial charge is 0.380 e. The Labute approximate surface area is 97.8 Å². The van der Waals surface area contributed by atoms with Crippen LogP contribution in [-0.2, 0) is 17.7 Å².